The first-order valence-electron chi connectivity index (χ1n) is 7.29. The van der Waals surface area contributed by atoms with Crippen molar-refractivity contribution >= 4 is 11.9 Å². The molecule has 4 rings (SSSR count). The van der Waals surface area contributed by atoms with E-state index in [-0.39, 0.29) is 24.8 Å². The Morgan fingerprint density at radius 3 is 2.26 bits per heavy atom. The first-order chi connectivity index (χ1) is 9.08. The number of hydrogen-bond acceptors (Lipinski definition) is 3. The molecule has 2 bridgehead atoms. The summed E-state index contributed by atoms with van der Waals surface area (Å²) in [6.45, 7) is 0.196. The number of nitrogens with zero attached hydrogens (tertiary/aromatic N) is 1. The molecule has 0 aromatic rings. The number of β-amino-alcohol motifs (C(OH)–C–C–N with tert-alkyl or cyclic N) is 1. The van der Waals surface area contributed by atoms with Gasteiger partial charge in [0.2, 0.25) is 5.91 Å². The van der Waals surface area contributed by atoms with Gasteiger partial charge in [-0.1, -0.05) is 0 Å². The Morgan fingerprint density at radius 1 is 1.05 bits per heavy atom. The zero-order valence-corrected chi connectivity index (χ0v) is 10.7. The van der Waals surface area contributed by atoms with Gasteiger partial charge in [0.15, 0.2) is 0 Å². The molecule has 3 saturated carbocycles. The van der Waals surface area contributed by atoms with Crippen molar-refractivity contribution in [1.82, 2.24) is 4.90 Å². The van der Waals surface area contributed by atoms with E-state index < -0.39 is 18.1 Å². The summed E-state index contributed by atoms with van der Waals surface area (Å²) in [5, 5.41) is 18.8. The molecule has 5 heteroatoms. The van der Waals surface area contributed by atoms with Crippen molar-refractivity contribution in [2.45, 2.75) is 37.8 Å². The summed E-state index contributed by atoms with van der Waals surface area (Å²) in [6, 6.07) is -0.818. The zero-order chi connectivity index (χ0) is 13.3. The normalized spacial score (nSPS) is 50.4. The average molecular weight is 265 g/mol. The Hall–Kier alpha value is -1.10. The number of carbonyl (C=O) groups is 2. The van der Waals surface area contributed by atoms with Gasteiger partial charge in [0.05, 0.1) is 6.10 Å². The molecule has 1 amide bonds. The van der Waals surface area contributed by atoms with Gasteiger partial charge in [-0.2, -0.15) is 0 Å². The SMILES string of the molecule is O=C(O)[C@@H]1CC(O)CN1C(=O)C1C2C3CCC(C3)C12. The number of carbonyl (C=O) groups excluding carboxylic acids is 1. The van der Waals surface area contributed by atoms with Crippen molar-refractivity contribution in [3.05, 3.63) is 0 Å². The Bertz CT molecular complexity index is 435. The number of likely N-dealkylation sites (tertiary alicyclic amines) is 1. The quantitative estimate of drug-likeness (QED) is 0.754. The fourth-order valence-corrected chi connectivity index (χ4v) is 5.14. The van der Waals surface area contributed by atoms with E-state index in [9.17, 15) is 14.7 Å². The summed E-state index contributed by atoms with van der Waals surface area (Å²) in [5.74, 6) is 1.55. The summed E-state index contributed by atoms with van der Waals surface area (Å²) >= 11 is 0. The molecular formula is C14H19NO4. The molecule has 0 aromatic carbocycles. The molecule has 3 aliphatic carbocycles. The second-order valence-electron chi connectivity index (χ2n) is 6.75. The number of carboxylic acids is 1. The molecule has 4 fully saturated rings. The molecule has 1 heterocycles. The van der Waals surface area contributed by atoms with Crippen molar-refractivity contribution < 1.29 is 19.8 Å². The van der Waals surface area contributed by atoms with Crippen molar-refractivity contribution in [2.75, 3.05) is 6.54 Å². The fourth-order valence-electron chi connectivity index (χ4n) is 5.14. The van der Waals surface area contributed by atoms with Gasteiger partial charge in [-0.3, -0.25) is 4.79 Å². The molecule has 0 radical (unpaired) electrons. The van der Waals surface area contributed by atoms with Crippen LogP contribution in [0, 0.1) is 29.6 Å². The van der Waals surface area contributed by atoms with Gasteiger partial charge in [-0.05, 0) is 42.9 Å². The molecule has 19 heavy (non-hydrogen) atoms. The third-order valence-electron chi connectivity index (χ3n) is 5.87. The van der Waals surface area contributed by atoms with Crippen LogP contribution in [0.15, 0.2) is 0 Å². The second kappa shape index (κ2) is 3.72. The van der Waals surface area contributed by atoms with Crippen LogP contribution in [-0.4, -0.2) is 45.7 Å². The smallest absolute Gasteiger partial charge is 0.326 e. The highest BCUT2D eigenvalue weighted by Crippen LogP contribution is 2.69. The number of aliphatic carboxylic acids is 1. The van der Waals surface area contributed by atoms with Crippen molar-refractivity contribution in [3.63, 3.8) is 0 Å². The number of rotatable bonds is 2. The molecule has 1 aliphatic heterocycles. The standard InChI is InChI=1S/C14H19NO4/c16-8-4-9(14(18)19)15(5-8)13(17)12-10-6-1-2-7(3-6)11(10)12/h6-12,16H,1-5H2,(H,18,19)/t6?,7?,8?,9-,10?,11?,12?/m0/s1. The number of fused-ring (bicyclic) bond motifs is 5. The zero-order valence-electron chi connectivity index (χ0n) is 10.7. The maximum Gasteiger partial charge on any atom is 0.326 e. The van der Waals surface area contributed by atoms with E-state index in [1.54, 1.807) is 0 Å². The highest BCUT2D eigenvalue weighted by Gasteiger charge is 2.68. The van der Waals surface area contributed by atoms with Crippen LogP contribution in [0.4, 0.5) is 0 Å². The summed E-state index contributed by atoms with van der Waals surface area (Å²) in [4.78, 5) is 25.2. The predicted octanol–water partition coefficient (Wildman–Crippen LogP) is 0.325. The largest absolute Gasteiger partial charge is 0.480 e. The first-order valence-corrected chi connectivity index (χ1v) is 7.29. The molecule has 5 nitrogen and oxygen atoms in total. The van der Waals surface area contributed by atoms with E-state index in [0.717, 1.165) is 0 Å². The van der Waals surface area contributed by atoms with E-state index in [1.165, 1.54) is 24.2 Å². The monoisotopic (exact) mass is 265 g/mol. The molecule has 104 valence electrons. The summed E-state index contributed by atoms with van der Waals surface area (Å²) in [7, 11) is 0. The third kappa shape index (κ3) is 1.51. The van der Waals surface area contributed by atoms with Crippen molar-refractivity contribution in [2.24, 2.45) is 29.6 Å². The van der Waals surface area contributed by atoms with Crippen LogP contribution >= 0.6 is 0 Å². The number of amides is 1. The Balaban J connectivity index is 1.51. The minimum absolute atomic E-state index is 0.00412. The topological polar surface area (TPSA) is 77.8 Å². The van der Waals surface area contributed by atoms with Gasteiger partial charge < -0.3 is 15.1 Å². The summed E-state index contributed by atoms with van der Waals surface area (Å²) < 4.78 is 0. The van der Waals surface area contributed by atoms with Crippen LogP contribution < -0.4 is 0 Å². The lowest BCUT2D eigenvalue weighted by atomic mass is 10.0. The average Bonchev–Trinajstić information content (AvgIpc) is 2.73. The number of hydrogen-bond donors (Lipinski definition) is 2. The second-order valence-corrected chi connectivity index (χ2v) is 6.75. The maximum absolute atomic E-state index is 12.6. The highest BCUT2D eigenvalue weighted by molar-refractivity contribution is 5.88. The molecule has 4 aliphatic rings. The lowest BCUT2D eigenvalue weighted by molar-refractivity contribution is -0.149. The summed E-state index contributed by atoms with van der Waals surface area (Å²) in [6.07, 6.45) is 3.28. The van der Waals surface area contributed by atoms with Gasteiger partial charge >= 0.3 is 5.97 Å². The minimum Gasteiger partial charge on any atom is -0.480 e. The Kier molecular flexibility index (Phi) is 2.29. The number of aliphatic hydroxyl groups is 1. The number of aliphatic hydroxyl groups excluding tert-OH is 1. The van der Waals surface area contributed by atoms with Crippen LogP contribution in [0.3, 0.4) is 0 Å². The summed E-state index contributed by atoms with van der Waals surface area (Å²) in [5.41, 5.74) is 0. The van der Waals surface area contributed by atoms with E-state index in [4.69, 9.17) is 5.11 Å². The molecule has 2 N–H and O–H groups in total. The molecular weight excluding hydrogens is 246 g/mol. The molecule has 1 saturated heterocycles. The molecule has 6 atom stereocenters. The third-order valence-corrected chi connectivity index (χ3v) is 5.87. The Labute approximate surface area is 111 Å². The molecule has 5 unspecified atom stereocenters. The van der Waals surface area contributed by atoms with E-state index in [1.807, 2.05) is 0 Å². The predicted molar refractivity (Wildman–Crippen MR) is 65.1 cm³/mol. The van der Waals surface area contributed by atoms with E-state index in [2.05, 4.69) is 0 Å². The molecule has 0 aromatic heterocycles. The first kappa shape index (κ1) is 11.7. The van der Waals surface area contributed by atoms with Gasteiger partial charge in [0, 0.05) is 18.9 Å². The van der Waals surface area contributed by atoms with Gasteiger partial charge in [0.25, 0.3) is 0 Å². The van der Waals surface area contributed by atoms with Crippen molar-refractivity contribution in [1.29, 1.82) is 0 Å². The van der Waals surface area contributed by atoms with Gasteiger partial charge in [-0.25, -0.2) is 4.79 Å². The lowest BCUT2D eigenvalue weighted by Gasteiger charge is -2.22. The van der Waals surface area contributed by atoms with Gasteiger partial charge in [0.1, 0.15) is 6.04 Å². The van der Waals surface area contributed by atoms with Crippen LogP contribution in [0.5, 0.6) is 0 Å². The van der Waals surface area contributed by atoms with E-state index >= 15 is 0 Å². The van der Waals surface area contributed by atoms with Crippen LogP contribution in [0.2, 0.25) is 0 Å². The lowest BCUT2D eigenvalue weighted by Crippen LogP contribution is -2.42. The van der Waals surface area contributed by atoms with Crippen LogP contribution in [0.1, 0.15) is 25.7 Å². The van der Waals surface area contributed by atoms with Crippen LogP contribution in [-0.2, 0) is 9.59 Å². The van der Waals surface area contributed by atoms with Crippen LogP contribution in [0.25, 0.3) is 0 Å². The Morgan fingerprint density at radius 2 is 1.68 bits per heavy atom. The molecule has 0 spiro atoms. The minimum atomic E-state index is -0.987. The van der Waals surface area contributed by atoms with Crippen molar-refractivity contribution in [3.8, 4) is 0 Å². The number of carboxylic acid groups (broad SMARTS) is 1. The van der Waals surface area contributed by atoms with Gasteiger partial charge in [-0.15, -0.1) is 0 Å². The maximum atomic E-state index is 12.6. The fraction of sp³-hybridized carbons (Fsp3) is 0.857. The van der Waals surface area contributed by atoms with E-state index in [0.29, 0.717) is 23.7 Å². The highest BCUT2D eigenvalue weighted by atomic mass is 16.4.